The van der Waals surface area contributed by atoms with Gasteiger partial charge in [0, 0.05) is 44.5 Å². The molecule has 2 fully saturated rings. The molecule has 0 unspecified atom stereocenters. The number of urea groups is 1. The summed E-state index contributed by atoms with van der Waals surface area (Å²) in [6, 6.07) is 12.8. The third-order valence-electron chi connectivity index (χ3n) is 6.16. The van der Waals surface area contributed by atoms with E-state index in [0.29, 0.717) is 50.5 Å². The molecule has 0 atom stereocenters. The second-order valence-corrected chi connectivity index (χ2v) is 8.23. The van der Waals surface area contributed by atoms with Crippen LogP contribution >= 0.6 is 0 Å². The fourth-order valence-electron chi connectivity index (χ4n) is 4.26. The summed E-state index contributed by atoms with van der Waals surface area (Å²) < 4.78 is 18.2. The Kier molecular flexibility index (Phi) is 6.76. The molecule has 2 aromatic rings. The summed E-state index contributed by atoms with van der Waals surface area (Å²) in [5.41, 5.74) is 1.46. The van der Waals surface area contributed by atoms with Gasteiger partial charge in [-0.2, -0.15) is 0 Å². The Bertz CT molecular complexity index is 1000. The molecule has 2 saturated heterocycles. The van der Waals surface area contributed by atoms with Gasteiger partial charge in [0.15, 0.2) is 0 Å². The van der Waals surface area contributed by atoms with Gasteiger partial charge in [-0.15, -0.1) is 0 Å². The zero-order valence-electron chi connectivity index (χ0n) is 18.5. The minimum Gasteiger partial charge on any atom is -0.497 e. The highest BCUT2D eigenvalue weighted by atomic mass is 19.1. The number of halogens is 1. The first-order chi connectivity index (χ1) is 15.9. The van der Waals surface area contributed by atoms with Gasteiger partial charge in [-0.05, 0) is 54.8 Å². The normalized spacial score (nSPS) is 17.3. The third-order valence-corrected chi connectivity index (χ3v) is 6.16. The van der Waals surface area contributed by atoms with Crippen LogP contribution in [-0.4, -0.2) is 71.9 Å². The fourth-order valence-corrected chi connectivity index (χ4v) is 4.26. The van der Waals surface area contributed by atoms with Gasteiger partial charge in [0.2, 0.25) is 0 Å². The first-order valence-electron chi connectivity index (χ1n) is 11.0. The van der Waals surface area contributed by atoms with E-state index < -0.39 is 11.8 Å². The number of hydrogen-bond acceptors (Lipinski definition) is 4. The van der Waals surface area contributed by atoms with E-state index in [0.717, 1.165) is 5.56 Å². The average Bonchev–Trinajstić information content (AvgIpc) is 2.84. The number of nitrogens with one attached hydrogen (secondary N) is 1. The van der Waals surface area contributed by atoms with Gasteiger partial charge in [-0.25, -0.2) is 9.18 Å². The van der Waals surface area contributed by atoms with Crippen LogP contribution in [0.3, 0.4) is 0 Å². The molecule has 0 aliphatic carbocycles. The van der Waals surface area contributed by atoms with E-state index in [9.17, 15) is 18.8 Å². The molecule has 0 spiro atoms. The number of amides is 4. The van der Waals surface area contributed by atoms with Crippen molar-refractivity contribution in [2.45, 2.75) is 25.4 Å². The Morgan fingerprint density at radius 2 is 1.64 bits per heavy atom. The van der Waals surface area contributed by atoms with E-state index in [2.05, 4.69) is 5.32 Å². The summed E-state index contributed by atoms with van der Waals surface area (Å²) in [7, 11) is 1.58. The van der Waals surface area contributed by atoms with E-state index in [1.54, 1.807) is 53.3 Å². The molecule has 0 bridgehead atoms. The van der Waals surface area contributed by atoms with E-state index in [-0.39, 0.29) is 24.4 Å². The number of anilines is 1. The number of carbonyl (C=O) groups excluding carboxylic acids is 3. The summed E-state index contributed by atoms with van der Waals surface area (Å²) in [6.07, 6.45) is 1.24. The van der Waals surface area contributed by atoms with Crippen LogP contribution < -0.4 is 10.1 Å². The molecule has 0 aromatic heterocycles. The lowest BCUT2D eigenvalue weighted by molar-refractivity contribution is -0.158. The Morgan fingerprint density at radius 1 is 0.970 bits per heavy atom. The lowest BCUT2D eigenvalue weighted by Gasteiger charge is -2.42. The minimum absolute atomic E-state index is 0.0699. The number of carbonyl (C=O) groups is 3. The number of methoxy groups -OCH3 is 1. The molecule has 174 valence electrons. The van der Waals surface area contributed by atoms with Gasteiger partial charge in [-0.1, -0.05) is 12.1 Å². The summed E-state index contributed by atoms with van der Waals surface area (Å²) in [4.78, 5) is 42.9. The maximum absolute atomic E-state index is 13.1. The molecule has 8 nitrogen and oxygen atoms in total. The smallest absolute Gasteiger partial charge is 0.321 e. The summed E-state index contributed by atoms with van der Waals surface area (Å²) in [5.74, 6) is -0.671. The second-order valence-electron chi connectivity index (χ2n) is 8.23. The largest absolute Gasteiger partial charge is 0.497 e. The monoisotopic (exact) mass is 454 g/mol. The zero-order valence-corrected chi connectivity index (χ0v) is 18.5. The van der Waals surface area contributed by atoms with Crippen molar-refractivity contribution in [3.8, 4) is 5.75 Å². The lowest BCUT2D eigenvalue weighted by Crippen LogP contribution is -2.59. The second kappa shape index (κ2) is 9.89. The molecule has 9 heteroatoms. The molecule has 2 aliphatic rings. The molecule has 1 N–H and O–H groups in total. The predicted molar refractivity (Wildman–Crippen MR) is 120 cm³/mol. The number of benzene rings is 2. The van der Waals surface area contributed by atoms with Crippen LogP contribution in [0.4, 0.5) is 14.9 Å². The Morgan fingerprint density at radius 3 is 2.27 bits per heavy atom. The Balaban J connectivity index is 1.27. The number of piperidine rings is 1. The maximum atomic E-state index is 13.1. The zero-order chi connectivity index (χ0) is 23.4. The minimum atomic E-state index is -0.537. The summed E-state index contributed by atoms with van der Waals surface area (Å²) in [6.45, 7) is 2.17. The van der Waals surface area contributed by atoms with Crippen molar-refractivity contribution >= 4 is 23.5 Å². The molecule has 0 radical (unpaired) electrons. The lowest BCUT2D eigenvalue weighted by atomic mass is 10.0. The van der Waals surface area contributed by atoms with Crippen molar-refractivity contribution in [3.63, 3.8) is 0 Å². The highest BCUT2D eigenvalue weighted by Crippen LogP contribution is 2.22. The predicted octanol–water partition coefficient (Wildman–Crippen LogP) is 2.70. The van der Waals surface area contributed by atoms with Crippen LogP contribution in [-0.2, 0) is 16.1 Å². The average molecular weight is 455 g/mol. The highest BCUT2D eigenvalue weighted by Gasteiger charge is 2.38. The van der Waals surface area contributed by atoms with Crippen molar-refractivity contribution in [1.29, 1.82) is 0 Å². The van der Waals surface area contributed by atoms with Gasteiger partial charge >= 0.3 is 17.8 Å². The molecule has 4 rings (SSSR count). The molecule has 2 heterocycles. The number of piperazine rings is 1. The number of ether oxygens (including phenoxy) is 1. The van der Waals surface area contributed by atoms with Crippen molar-refractivity contribution in [1.82, 2.24) is 14.7 Å². The highest BCUT2D eigenvalue weighted by molar-refractivity contribution is 6.35. The quantitative estimate of drug-likeness (QED) is 0.705. The van der Waals surface area contributed by atoms with Crippen molar-refractivity contribution < 1.29 is 23.5 Å². The van der Waals surface area contributed by atoms with Gasteiger partial charge in [0.25, 0.3) is 0 Å². The van der Waals surface area contributed by atoms with Crippen molar-refractivity contribution in [2.75, 3.05) is 38.6 Å². The molecule has 4 amide bonds. The van der Waals surface area contributed by atoms with Gasteiger partial charge in [0.05, 0.1) is 7.11 Å². The SMILES string of the molecule is COc1ccc(NC(=O)N2CCC(N3CCN(Cc4ccc(F)cc4)C(=O)C3=O)CC2)cc1. The standard InChI is InChI=1S/C24H27FN4O4/c1-33-21-8-6-19(7-9-21)26-24(32)27-12-10-20(11-13-27)29-15-14-28(22(30)23(29)31)16-17-2-4-18(25)5-3-17/h2-9,20H,10-16H2,1H3,(H,26,32). The van der Waals surface area contributed by atoms with Gasteiger partial charge in [-0.3, -0.25) is 9.59 Å². The molecular formula is C24H27FN4O4. The van der Waals surface area contributed by atoms with E-state index in [4.69, 9.17) is 4.74 Å². The first-order valence-corrected chi connectivity index (χ1v) is 11.0. The molecule has 33 heavy (non-hydrogen) atoms. The van der Waals surface area contributed by atoms with Gasteiger partial charge < -0.3 is 24.8 Å². The van der Waals surface area contributed by atoms with Crippen molar-refractivity contribution in [3.05, 3.63) is 59.9 Å². The van der Waals surface area contributed by atoms with Crippen LogP contribution in [0, 0.1) is 5.82 Å². The van der Waals surface area contributed by atoms with Crippen molar-refractivity contribution in [2.24, 2.45) is 0 Å². The van der Waals surface area contributed by atoms with Crippen LogP contribution in [0.5, 0.6) is 5.75 Å². The summed E-state index contributed by atoms with van der Waals surface area (Å²) in [5, 5.41) is 2.87. The van der Waals surface area contributed by atoms with E-state index in [1.165, 1.54) is 17.0 Å². The number of hydrogen-bond donors (Lipinski definition) is 1. The topological polar surface area (TPSA) is 82.2 Å². The van der Waals surface area contributed by atoms with Crippen LogP contribution in [0.1, 0.15) is 18.4 Å². The Labute approximate surface area is 191 Å². The number of nitrogens with zero attached hydrogens (tertiary/aromatic N) is 3. The number of rotatable bonds is 5. The molecule has 0 saturated carbocycles. The van der Waals surface area contributed by atoms with Crippen LogP contribution in [0.15, 0.2) is 48.5 Å². The van der Waals surface area contributed by atoms with E-state index in [1.807, 2.05) is 0 Å². The number of likely N-dealkylation sites (tertiary alicyclic amines) is 1. The van der Waals surface area contributed by atoms with Gasteiger partial charge in [0.1, 0.15) is 11.6 Å². The molecular weight excluding hydrogens is 427 g/mol. The maximum Gasteiger partial charge on any atom is 0.321 e. The molecule has 2 aliphatic heterocycles. The first kappa shape index (κ1) is 22.6. The molecule has 2 aromatic carbocycles. The summed E-state index contributed by atoms with van der Waals surface area (Å²) >= 11 is 0. The fraction of sp³-hybridized carbons (Fsp3) is 0.375. The van der Waals surface area contributed by atoms with Crippen LogP contribution in [0.25, 0.3) is 0 Å². The van der Waals surface area contributed by atoms with Crippen LogP contribution in [0.2, 0.25) is 0 Å². The van der Waals surface area contributed by atoms with E-state index >= 15 is 0 Å². The Hall–Kier alpha value is -3.62. The third kappa shape index (κ3) is 5.24.